The maximum atomic E-state index is 5.51. The highest BCUT2D eigenvalue weighted by molar-refractivity contribution is 5.61. The van der Waals surface area contributed by atoms with Crippen LogP contribution in [0, 0.1) is 0 Å². The summed E-state index contributed by atoms with van der Waals surface area (Å²) in [7, 11) is 1.72. The summed E-state index contributed by atoms with van der Waals surface area (Å²) in [6, 6.07) is 21.9. The third-order valence-corrected chi connectivity index (χ3v) is 5.48. The predicted octanol–water partition coefficient (Wildman–Crippen LogP) is 4.13. The molecule has 0 bridgehead atoms. The molecule has 1 aliphatic rings. The average Bonchev–Trinajstić information content (AvgIpc) is 3.35. The fourth-order valence-electron chi connectivity index (χ4n) is 3.81. The van der Waals surface area contributed by atoms with Crippen LogP contribution in [0.2, 0.25) is 0 Å². The zero-order valence-electron chi connectivity index (χ0n) is 17.3. The summed E-state index contributed by atoms with van der Waals surface area (Å²) in [5, 5.41) is 4.09. The second-order valence-corrected chi connectivity index (χ2v) is 7.34. The SMILES string of the molecule is COc1ccccc1N1CCN(c2ccc(-c3nc(-c4ccccc4)no3)cn2)CC1. The van der Waals surface area contributed by atoms with Gasteiger partial charge in [-0.1, -0.05) is 47.6 Å². The second-order valence-electron chi connectivity index (χ2n) is 7.34. The van der Waals surface area contributed by atoms with Crippen molar-refractivity contribution in [3.8, 4) is 28.6 Å². The quantitative estimate of drug-likeness (QED) is 0.487. The fraction of sp³-hybridized carbons (Fsp3) is 0.208. The molecule has 1 aliphatic heterocycles. The van der Waals surface area contributed by atoms with E-state index >= 15 is 0 Å². The third-order valence-electron chi connectivity index (χ3n) is 5.48. The summed E-state index contributed by atoms with van der Waals surface area (Å²) < 4.78 is 10.9. The molecular weight excluding hydrogens is 390 g/mol. The van der Waals surface area contributed by atoms with Crippen LogP contribution in [0.5, 0.6) is 5.75 Å². The Hall–Kier alpha value is -3.87. The van der Waals surface area contributed by atoms with Crippen LogP contribution in [0.15, 0.2) is 77.4 Å². The normalized spacial score (nSPS) is 14.0. The molecule has 0 N–H and O–H groups in total. The van der Waals surface area contributed by atoms with Gasteiger partial charge < -0.3 is 19.1 Å². The maximum Gasteiger partial charge on any atom is 0.259 e. The van der Waals surface area contributed by atoms with Crippen LogP contribution in [0.4, 0.5) is 11.5 Å². The summed E-state index contributed by atoms with van der Waals surface area (Å²) >= 11 is 0. The van der Waals surface area contributed by atoms with Crippen molar-refractivity contribution in [2.75, 3.05) is 43.1 Å². The lowest BCUT2D eigenvalue weighted by molar-refractivity contribution is 0.413. The summed E-state index contributed by atoms with van der Waals surface area (Å²) in [4.78, 5) is 13.8. The van der Waals surface area contributed by atoms with Crippen LogP contribution in [0.3, 0.4) is 0 Å². The van der Waals surface area contributed by atoms with Crippen LogP contribution >= 0.6 is 0 Å². The highest BCUT2D eigenvalue weighted by Crippen LogP contribution is 2.29. The maximum absolute atomic E-state index is 5.51. The predicted molar refractivity (Wildman–Crippen MR) is 120 cm³/mol. The molecule has 0 unspecified atom stereocenters. The topological polar surface area (TPSA) is 67.5 Å². The molecule has 0 amide bonds. The van der Waals surface area contributed by atoms with Gasteiger partial charge in [0.05, 0.1) is 18.4 Å². The van der Waals surface area contributed by atoms with Gasteiger partial charge in [-0.05, 0) is 24.3 Å². The lowest BCUT2D eigenvalue weighted by Gasteiger charge is -2.37. The molecule has 2 aromatic carbocycles. The molecule has 3 heterocycles. The number of pyridine rings is 1. The fourth-order valence-corrected chi connectivity index (χ4v) is 3.81. The Balaban J connectivity index is 1.26. The Morgan fingerprint density at radius 2 is 1.55 bits per heavy atom. The number of piperazine rings is 1. The molecule has 5 rings (SSSR count). The molecule has 4 aromatic rings. The molecule has 1 fully saturated rings. The van der Waals surface area contributed by atoms with Crippen molar-refractivity contribution in [2.45, 2.75) is 0 Å². The van der Waals surface area contributed by atoms with Crippen molar-refractivity contribution in [1.82, 2.24) is 15.1 Å². The monoisotopic (exact) mass is 413 g/mol. The van der Waals surface area contributed by atoms with E-state index in [4.69, 9.17) is 9.26 Å². The van der Waals surface area contributed by atoms with Gasteiger partial charge in [0.15, 0.2) is 0 Å². The number of para-hydroxylation sites is 2. The van der Waals surface area contributed by atoms with Crippen LogP contribution < -0.4 is 14.5 Å². The van der Waals surface area contributed by atoms with Gasteiger partial charge in [-0.25, -0.2) is 4.98 Å². The molecule has 7 heteroatoms. The van der Waals surface area contributed by atoms with Crippen molar-refractivity contribution in [1.29, 1.82) is 0 Å². The average molecular weight is 413 g/mol. The standard InChI is InChI=1S/C24H23N5O2/c1-30-21-10-6-5-9-20(21)28-13-15-29(16-14-28)22-12-11-19(17-25-22)24-26-23(27-31-24)18-7-3-2-4-8-18/h2-12,17H,13-16H2,1H3. The number of rotatable bonds is 5. The van der Waals surface area contributed by atoms with Gasteiger partial charge in [0.1, 0.15) is 11.6 Å². The Bertz CT molecular complexity index is 1140. The summed E-state index contributed by atoms with van der Waals surface area (Å²) in [5.74, 6) is 2.91. The van der Waals surface area contributed by atoms with E-state index in [1.165, 1.54) is 0 Å². The number of hydrogen-bond acceptors (Lipinski definition) is 7. The van der Waals surface area contributed by atoms with E-state index in [1.54, 1.807) is 13.3 Å². The second kappa shape index (κ2) is 8.47. The van der Waals surface area contributed by atoms with Gasteiger partial charge >= 0.3 is 0 Å². The molecule has 31 heavy (non-hydrogen) atoms. The van der Waals surface area contributed by atoms with E-state index < -0.39 is 0 Å². The molecule has 1 saturated heterocycles. The minimum absolute atomic E-state index is 0.471. The number of hydrogen-bond donors (Lipinski definition) is 0. The van der Waals surface area contributed by atoms with E-state index in [0.717, 1.165) is 54.6 Å². The molecular formula is C24H23N5O2. The molecule has 7 nitrogen and oxygen atoms in total. The Morgan fingerprint density at radius 3 is 2.29 bits per heavy atom. The van der Waals surface area contributed by atoms with E-state index in [2.05, 4.69) is 31.0 Å². The molecule has 0 radical (unpaired) electrons. The van der Waals surface area contributed by atoms with Crippen molar-refractivity contribution in [2.24, 2.45) is 0 Å². The first-order valence-electron chi connectivity index (χ1n) is 10.3. The van der Waals surface area contributed by atoms with Crippen LogP contribution in [-0.2, 0) is 0 Å². The minimum atomic E-state index is 0.471. The minimum Gasteiger partial charge on any atom is -0.495 e. The molecule has 156 valence electrons. The van der Waals surface area contributed by atoms with Crippen LogP contribution in [0.1, 0.15) is 0 Å². The van der Waals surface area contributed by atoms with Crippen molar-refractivity contribution < 1.29 is 9.26 Å². The number of anilines is 2. The molecule has 0 spiro atoms. The van der Waals surface area contributed by atoms with Crippen molar-refractivity contribution in [3.63, 3.8) is 0 Å². The number of nitrogens with zero attached hydrogens (tertiary/aromatic N) is 5. The van der Waals surface area contributed by atoms with E-state index in [-0.39, 0.29) is 0 Å². The number of ether oxygens (including phenoxy) is 1. The number of benzene rings is 2. The van der Waals surface area contributed by atoms with E-state index in [9.17, 15) is 0 Å². The van der Waals surface area contributed by atoms with Crippen molar-refractivity contribution >= 4 is 11.5 Å². The Morgan fingerprint density at radius 1 is 0.806 bits per heavy atom. The summed E-state index contributed by atoms with van der Waals surface area (Å²) in [6.07, 6.45) is 1.80. The highest BCUT2D eigenvalue weighted by atomic mass is 16.5. The zero-order chi connectivity index (χ0) is 21.0. The van der Waals surface area contributed by atoms with Gasteiger partial charge in [0, 0.05) is 37.9 Å². The first-order chi connectivity index (χ1) is 15.3. The van der Waals surface area contributed by atoms with Gasteiger partial charge in [-0.15, -0.1) is 0 Å². The summed E-state index contributed by atoms with van der Waals surface area (Å²) in [5.41, 5.74) is 2.87. The van der Waals surface area contributed by atoms with Crippen molar-refractivity contribution in [3.05, 3.63) is 72.9 Å². The van der Waals surface area contributed by atoms with Gasteiger partial charge in [-0.3, -0.25) is 0 Å². The first-order valence-corrected chi connectivity index (χ1v) is 10.3. The highest BCUT2D eigenvalue weighted by Gasteiger charge is 2.20. The third kappa shape index (κ3) is 3.94. The first kappa shape index (κ1) is 19.1. The van der Waals surface area contributed by atoms with Gasteiger partial charge in [0.25, 0.3) is 5.89 Å². The Kier molecular flexibility index (Phi) is 5.22. The van der Waals surface area contributed by atoms with Gasteiger partial charge in [-0.2, -0.15) is 4.98 Å². The molecule has 2 aromatic heterocycles. The lowest BCUT2D eigenvalue weighted by atomic mass is 10.2. The smallest absolute Gasteiger partial charge is 0.259 e. The number of methoxy groups -OCH3 is 1. The molecule has 0 aliphatic carbocycles. The van der Waals surface area contributed by atoms with Crippen LogP contribution in [-0.4, -0.2) is 48.4 Å². The number of aromatic nitrogens is 3. The summed E-state index contributed by atoms with van der Waals surface area (Å²) in [6.45, 7) is 3.61. The largest absolute Gasteiger partial charge is 0.495 e. The lowest BCUT2D eigenvalue weighted by Crippen LogP contribution is -2.46. The van der Waals surface area contributed by atoms with Crippen LogP contribution in [0.25, 0.3) is 22.8 Å². The van der Waals surface area contributed by atoms with E-state index in [1.807, 2.05) is 60.7 Å². The molecule has 0 atom stereocenters. The Labute approximate surface area is 180 Å². The zero-order valence-corrected chi connectivity index (χ0v) is 17.3. The van der Waals surface area contributed by atoms with E-state index in [0.29, 0.717) is 11.7 Å². The molecule has 0 saturated carbocycles. The van der Waals surface area contributed by atoms with Gasteiger partial charge in [0.2, 0.25) is 5.82 Å².